The Balaban J connectivity index is 1.84. The molecular formula is C23H21N3O6. The van der Waals surface area contributed by atoms with Crippen LogP contribution in [0.5, 0.6) is 11.5 Å². The number of fused-ring (bicyclic) bond motifs is 3. The standard InChI is InChI=1S/C23H21N3O6/c1-11-9-16(28)13-10-14-12(7-8-25-22(30)24(2)23(31)26(14)25)18(19(13)21(11)29)20-15(27)5-4-6-17(20)32-3/h4-7,9,14,18,27H,8,10H2,1-3H3/t14-,18+/m1/s1. The van der Waals surface area contributed by atoms with Crippen LogP contribution in [0.4, 0.5) is 0 Å². The Morgan fingerprint density at radius 1 is 1.12 bits per heavy atom. The van der Waals surface area contributed by atoms with E-state index in [0.717, 1.165) is 4.57 Å². The SMILES string of the molecule is COc1cccc(O)c1[C@H]1C2=CCn3c(=O)n(C)c(=O)n3[C@@H]2CC2=C1C(=O)C(C)=CC2=O. The molecule has 9 nitrogen and oxygen atoms in total. The van der Waals surface area contributed by atoms with Crippen LogP contribution in [0.1, 0.15) is 30.9 Å². The first-order valence-electron chi connectivity index (χ1n) is 10.2. The first kappa shape index (κ1) is 20.0. The fraction of sp³-hybridized carbons (Fsp3) is 0.304. The number of carbonyl (C=O) groups is 2. The van der Waals surface area contributed by atoms with E-state index in [2.05, 4.69) is 0 Å². The lowest BCUT2D eigenvalue weighted by Crippen LogP contribution is -2.40. The summed E-state index contributed by atoms with van der Waals surface area (Å²) in [5, 5.41) is 10.8. The lowest BCUT2D eigenvalue weighted by molar-refractivity contribution is -0.116. The molecule has 1 N–H and O–H groups in total. The van der Waals surface area contributed by atoms with Crippen LogP contribution in [0.2, 0.25) is 0 Å². The molecule has 9 heteroatoms. The van der Waals surface area contributed by atoms with Gasteiger partial charge in [0.2, 0.25) is 0 Å². The number of allylic oxidation sites excluding steroid dienone is 6. The second-order valence-electron chi connectivity index (χ2n) is 8.21. The van der Waals surface area contributed by atoms with Gasteiger partial charge in [-0.05, 0) is 30.7 Å². The minimum Gasteiger partial charge on any atom is -0.507 e. The molecule has 1 aliphatic heterocycles. The molecule has 2 atom stereocenters. The normalized spacial score (nSPS) is 22.1. The number of aromatic hydroxyl groups is 1. The Hall–Kier alpha value is -3.88. The molecule has 0 bridgehead atoms. The number of aromatic nitrogens is 3. The third-order valence-corrected chi connectivity index (χ3v) is 6.57. The van der Waals surface area contributed by atoms with Gasteiger partial charge in [0, 0.05) is 41.7 Å². The monoisotopic (exact) mass is 435 g/mol. The van der Waals surface area contributed by atoms with Crippen LogP contribution in [0.3, 0.4) is 0 Å². The predicted octanol–water partition coefficient (Wildman–Crippen LogP) is 1.13. The number of phenols is 1. The Kier molecular flexibility index (Phi) is 4.27. The summed E-state index contributed by atoms with van der Waals surface area (Å²) in [5.41, 5.74) is 0.965. The minimum atomic E-state index is -0.795. The largest absolute Gasteiger partial charge is 0.507 e. The Bertz CT molecular complexity index is 1430. The first-order chi connectivity index (χ1) is 15.3. The van der Waals surface area contributed by atoms with Gasteiger partial charge in [-0.15, -0.1) is 0 Å². The molecule has 164 valence electrons. The first-order valence-corrected chi connectivity index (χ1v) is 10.2. The number of methoxy groups -OCH3 is 1. The van der Waals surface area contributed by atoms with Crippen LogP contribution >= 0.6 is 0 Å². The third kappa shape index (κ3) is 2.50. The molecule has 3 aliphatic rings. The average molecular weight is 435 g/mol. The molecule has 0 amide bonds. The molecule has 0 fully saturated rings. The summed E-state index contributed by atoms with van der Waals surface area (Å²) in [4.78, 5) is 51.7. The Morgan fingerprint density at radius 2 is 1.88 bits per heavy atom. The van der Waals surface area contributed by atoms with Crippen LogP contribution in [-0.4, -0.2) is 37.7 Å². The van der Waals surface area contributed by atoms with Gasteiger partial charge < -0.3 is 9.84 Å². The van der Waals surface area contributed by atoms with E-state index < -0.39 is 23.3 Å². The molecule has 0 spiro atoms. The van der Waals surface area contributed by atoms with Crippen molar-refractivity contribution in [3.8, 4) is 11.5 Å². The van der Waals surface area contributed by atoms with Gasteiger partial charge in [-0.3, -0.25) is 9.59 Å². The molecule has 2 aliphatic carbocycles. The summed E-state index contributed by atoms with van der Waals surface area (Å²) in [6, 6.07) is 4.14. The van der Waals surface area contributed by atoms with Crippen LogP contribution in [0, 0.1) is 0 Å². The fourth-order valence-electron chi connectivity index (χ4n) is 5.07. The summed E-state index contributed by atoms with van der Waals surface area (Å²) in [7, 11) is 2.86. The summed E-state index contributed by atoms with van der Waals surface area (Å²) < 4.78 is 9.20. The van der Waals surface area contributed by atoms with Gasteiger partial charge >= 0.3 is 11.4 Å². The van der Waals surface area contributed by atoms with E-state index in [0.29, 0.717) is 22.5 Å². The molecule has 1 aromatic carbocycles. The van der Waals surface area contributed by atoms with Gasteiger partial charge in [0.1, 0.15) is 11.5 Å². The summed E-state index contributed by atoms with van der Waals surface area (Å²) in [6.07, 6.45) is 3.21. The van der Waals surface area contributed by atoms with Gasteiger partial charge in [-0.25, -0.2) is 23.5 Å². The number of nitrogens with zero attached hydrogens (tertiary/aromatic N) is 3. The van der Waals surface area contributed by atoms with Gasteiger partial charge in [-0.2, -0.15) is 0 Å². The van der Waals surface area contributed by atoms with Gasteiger partial charge in [0.05, 0.1) is 19.7 Å². The van der Waals surface area contributed by atoms with Crippen molar-refractivity contribution in [3.05, 3.63) is 79.2 Å². The van der Waals surface area contributed by atoms with Crippen molar-refractivity contribution in [2.75, 3.05) is 7.11 Å². The quantitative estimate of drug-likeness (QED) is 0.559. The molecule has 0 saturated carbocycles. The number of ketones is 2. The van der Waals surface area contributed by atoms with E-state index in [1.165, 1.54) is 35.7 Å². The van der Waals surface area contributed by atoms with Crippen LogP contribution in [-0.2, 0) is 23.2 Å². The lowest BCUT2D eigenvalue weighted by atomic mass is 9.67. The smallest absolute Gasteiger partial charge is 0.347 e. The van der Waals surface area contributed by atoms with E-state index in [-0.39, 0.29) is 41.4 Å². The zero-order valence-electron chi connectivity index (χ0n) is 17.8. The molecule has 2 heterocycles. The van der Waals surface area contributed by atoms with E-state index in [1.807, 2.05) is 0 Å². The highest BCUT2D eigenvalue weighted by Gasteiger charge is 2.46. The molecule has 2 aromatic rings. The number of ether oxygens (including phenoxy) is 1. The van der Waals surface area contributed by atoms with Crippen molar-refractivity contribution in [2.45, 2.75) is 31.8 Å². The van der Waals surface area contributed by atoms with Crippen molar-refractivity contribution in [1.29, 1.82) is 0 Å². The van der Waals surface area contributed by atoms with E-state index in [1.54, 1.807) is 25.1 Å². The van der Waals surface area contributed by atoms with Gasteiger partial charge in [0.25, 0.3) is 0 Å². The maximum atomic E-state index is 13.3. The van der Waals surface area contributed by atoms with Crippen molar-refractivity contribution >= 4 is 11.6 Å². The number of hydrogen-bond donors (Lipinski definition) is 1. The van der Waals surface area contributed by atoms with Crippen molar-refractivity contribution in [1.82, 2.24) is 13.9 Å². The van der Waals surface area contributed by atoms with Crippen LogP contribution in [0.25, 0.3) is 0 Å². The topological polar surface area (TPSA) is 113 Å². The zero-order valence-corrected chi connectivity index (χ0v) is 17.8. The summed E-state index contributed by atoms with van der Waals surface area (Å²) in [6.45, 7) is 1.72. The molecular weight excluding hydrogens is 414 g/mol. The molecule has 0 radical (unpaired) electrons. The minimum absolute atomic E-state index is 0.0847. The van der Waals surface area contributed by atoms with Crippen molar-refractivity contribution < 1.29 is 19.4 Å². The molecule has 5 rings (SSSR count). The van der Waals surface area contributed by atoms with E-state index in [9.17, 15) is 24.3 Å². The maximum Gasteiger partial charge on any atom is 0.347 e. The summed E-state index contributed by atoms with van der Waals surface area (Å²) >= 11 is 0. The predicted molar refractivity (Wildman–Crippen MR) is 114 cm³/mol. The second-order valence-corrected chi connectivity index (χ2v) is 8.21. The van der Waals surface area contributed by atoms with Gasteiger partial charge in [0.15, 0.2) is 11.6 Å². The number of phenolic OH excluding ortho intramolecular Hbond substituents is 1. The average Bonchev–Trinajstić information content (AvgIpc) is 3.00. The Morgan fingerprint density at radius 3 is 2.59 bits per heavy atom. The molecule has 0 saturated heterocycles. The van der Waals surface area contributed by atoms with Gasteiger partial charge in [-0.1, -0.05) is 12.1 Å². The number of carbonyl (C=O) groups excluding carboxylic acids is 2. The molecule has 0 unspecified atom stereocenters. The maximum absolute atomic E-state index is 13.3. The van der Waals surface area contributed by atoms with Crippen molar-refractivity contribution in [3.63, 3.8) is 0 Å². The molecule has 1 aromatic heterocycles. The van der Waals surface area contributed by atoms with Crippen LogP contribution < -0.4 is 16.1 Å². The lowest BCUT2D eigenvalue weighted by Gasteiger charge is -2.40. The van der Waals surface area contributed by atoms with E-state index >= 15 is 0 Å². The van der Waals surface area contributed by atoms with Crippen LogP contribution in [0.15, 0.2) is 62.2 Å². The van der Waals surface area contributed by atoms with Crippen molar-refractivity contribution in [2.24, 2.45) is 7.05 Å². The zero-order chi connectivity index (χ0) is 22.9. The second kappa shape index (κ2) is 6.81. The number of benzene rings is 1. The fourth-order valence-corrected chi connectivity index (χ4v) is 5.07. The number of rotatable bonds is 2. The highest BCUT2D eigenvalue weighted by Crippen LogP contribution is 2.53. The highest BCUT2D eigenvalue weighted by molar-refractivity contribution is 6.23. The number of Topliss-reactive ketones (excluding diaryl/α,β-unsaturated/α-hetero) is 1. The highest BCUT2D eigenvalue weighted by atomic mass is 16.5. The summed E-state index contributed by atoms with van der Waals surface area (Å²) in [5.74, 6) is -1.11. The number of hydrogen-bond acceptors (Lipinski definition) is 6. The third-order valence-electron chi connectivity index (χ3n) is 6.57. The Labute approximate surface area is 182 Å². The van der Waals surface area contributed by atoms with E-state index in [4.69, 9.17) is 4.74 Å². The molecule has 32 heavy (non-hydrogen) atoms.